The van der Waals surface area contributed by atoms with Gasteiger partial charge in [0.1, 0.15) is 5.01 Å². The summed E-state index contributed by atoms with van der Waals surface area (Å²) < 4.78 is 1.23. The van der Waals surface area contributed by atoms with E-state index in [0.717, 1.165) is 23.4 Å². The Balaban J connectivity index is 2.54. The van der Waals surface area contributed by atoms with Gasteiger partial charge in [0.05, 0.1) is 15.8 Å². The second-order valence-corrected chi connectivity index (χ2v) is 5.38. The van der Waals surface area contributed by atoms with E-state index in [1.54, 1.807) is 11.3 Å². The maximum atomic E-state index is 6.37. The third-order valence-electron chi connectivity index (χ3n) is 3.23. The fourth-order valence-electron chi connectivity index (χ4n) is 1.80. The zero-order valence-corrected chi connectivity index (χ0v) is 10.9. The smallest absolute Gasteiger partial charge is 0.114 e. The minimum Gasteiger partial charge on any atom is -0.319 e. The maximum Gasteiger partial charge on any atom is 0.114 e. The van der Waals surface area contributed by atoms with Gasteiger partial charge in [-0.2, -0.15) is 0 Å². The number of aromatic nitrogens is 1. The van der Waals surface area contributed by atoms with E-state index in [-0.39, 0.29) is 5.54 Å². The molecule has 0 unspecified atom stereocenters. The lowest BCUT2D eigenvalue weighted by Crippen LogP contribution is -2.34. The molecule has 2 N–H and O–H groups in total. The highest BCUT2D eigenvalue weighted by atomic mass is 32.1. The normalized spacial score (nSPS) is 12.2. The summed E-state index contributed by atoms with van der Waals surface area (Å²) in [6.45, 7) is 6.34. The Labute approximate surface area is 101 Å². The molecule has 0 saturated heterocycles. The number of thiazole rings is 1. The summed E-state index contributed by atoms with van der Waals surface area (Å²) in [5, 5.41) is 1.07. The van der Waals surface area contributed by atoms with Crippen molar-refractivity contribution in [1.82, 2.24) is 4.98 Å². The lowest BCUT2D eigenvalue weighted by atomic mass is 9.95. The lowest BCUT2D eigenvalue weighted by molar-refractivity contribution is 0.411. The molecule has 0 radical (unpaired) electrons. The van der Waals surface area contributed by atoms with Crippen LogP contribution in [0.1, 0.15) is 37.3 Å². The second kappa shape index (κ2) is 4.15. The molecule has 1 heterocycles. The van der Waals surface area contributed by atoms with Crippen molar-refractivity contribution in [3.8, 4) is 0 Å². The van der Waals surface area contributed by atoms with E-state index in [1.165, 1.54) is 10.3 Å². The number of hydrogen-bond donors (Lipinski definition) is 1. The standard InChI is InChI=1S/C13H18N2S/c1-4-13(14,5-2)12-15-10-8-9(3)6-7-11(10)16-12/h6-8H,4-5,14H2,1-3H3. The molecular weight excluding hydrogens is 216 g/mol. The summed E-state index contributed by atoms with van der Waals surface area (Å²) in [7, 11) is 0. The third-order valence-corrected chi connectivity index (χ3v) is 4.49. The second-order valence-electron chi connectivity index (χ2n) is 4.35. The van der Waals surface area contributed by atoms with Crippen LogP contribution in [-0.2, 0) is 5.54 Å². The molecule has 1 aromatic carbocycles. The molecule has 0 fully saturated rings. The van der Waals surface area contributed by atoms with E-state index in [2.05, 4.69) is 44.0 Å². The number of fused-ring (bicyclic) bond motifs is 1. The van der Waals surface area contributed by atoms with Gasteiger partial charge in [0.25, 0.3) is 0 Å². The van der Waals surface area contributed by atoms with Gasteiger partial charge in [-0.1, -0.05) is 19.9 Å². The molecule has 1 aromatic heterocycles. The van der Waals surface area contributed by atoms with Crippen molar-refractivity contribution >= 4 is 21.6 Å². The van der Waals surface area contributed by atoms with Gasteiger partial charge in [0.15, 0.2) is 0 Å². The molecule has 0 atom stereocenters. The Kier molecular flexibility index (Phi) is 3.00. The number of benzene rings is 1. The van der Waals surface area contributed by atoms with E-state index in [0.29, 0.717) is 0 Å². The predicted octanol–water partition coefficient (Wildman–Crippen LogP) is 3.58. The van der Waals surface area contributed by atoms with Crippen molar-refractivity contribution in [2.24, 2.45) is 5.73 Å². The fourth-order valence-corrected chi connectivity index (χ4v) is 2.99. The van der Waals surface area contributed by atoms with Gasteiger partial charge in [-0.25, -0.2) is 4.98 Å². The third kappa shape index (κ3) is 1.85. The van der Waals surface area contributed by atoms with E-state index < -0.39 is 0 Å². The Bertz CT molecular complexity index is 498. The van der Waals surface area contributed by atoms with Crippen molar-refractivity contribution < 1.29 is 0 Å². The van der Waals surface area contributed by atoms with Crippen molar-refractivity contribution in [2.45, 2.75) is 39.2 Å². The molecule has 2 rings (SSSR count). The highest BCUT2D eigenvalue weighted by Gasteiger charge is 2.26. The summed E-state index contributed by atoms with van der Waals surface area (Å²) in [4.78, 5) is 4.68. The first-order valence-corrected chi connectivity index (χ1v) is 6.57. The summed E-state index contributed by atoms with van der Waals surface area (Å²) in [6, 6.07) is 6.39. The summed E-state index contributed by atoms with van der Waals surface area (Å²) in [5.74, 6) is 0. The Hall–Kier alpha value is -0.930. The Morgan fingerprint density at radius 2 is 2.00 bits per heavy atom. The van der Waals surface area contributed by atoms with E-state index in [1.807, 2.05) is 0 Å². The molecule has 0 bridgehead atoms. The van der Waals surface area contributed by atoms with Gasteiger partial charge >= 0.3 is 0 Å². The van der Waals surface area contributed by atoms with Crippen LogP contribution in [0.4, 0.5) is 0 Å². The van der Waals surface area contributed by atoms with E-state index in [9.17, 15) is 0 Å². The maximum absolute atomic E-state index is 6.37. The molecule has 86 valence electrons. The van der Waals surface area contributed by atoms with Gasteiger partial charge in [-0.15, -0.1) is 11.3 Å². The first-order valence-electron chi connectivity index (χ1n) is 5.75. The van der Waals surface area contributed by atoms with Crippen LogP contribution in [0.25, 0.3) is 10.2 Å². The zero-order valence-electron chi connectivity index (χ0n) is 10.1. The van der Waals surface area contributed by atoms with Crippen LogP contribution in [0.5, 0.6) is 0 Å². The van der Waals surface area contributed by atoms with Crippen molar-refractivity contribution in [3.63, 3.8) is 0 Å². The molecule has 0 aliphatic heterocycles. The topological polar surface area (TPSA) is 38.9 Å². The van der Waals surface area contributed by atoms with Gasteiger partial charge in [0.2, 0.25) is 0 Å². The van der Waals surface area contributed by atoms with Gasteiger partial charge in [-0.3, -0.25) is 0 Å². The van der Waals surface area contributed by atoms with Gasteiger partial charge < -0.3 is 5.73 Å². The highest BCUT2D eigenvalue weighted by molar-refractivity contribution is 7.18. The largest absolute Gasteiger partial charge is 0.319 e. The van der Waals surface area contributed by atoms with Crippen molar-refractivity contribution in [2.75, 3.05) is 0 Å². The number of nitrogens with two attached hydrogens (primary N) is 1. The van der Waals surface area contributed by atoms with Crippen molar-refractivity contribution in [3.05, 3.63) is 28.8 Å². The lowest BCUT2D eigenvalue weighted by Gasteiger charge is -2.23. The average Bonchev–Trinajstić information content (AvgIpc) is 2.71. The minimum absolute atomic E-state index is 0.252. The van der Waals surface area contributed by atoms with Crippen LogP contribution in [0.2, 0.25) is 0 Å². The van der Waals surface area contributed by atoms with Gasteiger partial charge in [-0.05, 0) is 37.5 Å². The molecule has 2 aromatic rings. The van der Waals surface area contributed by atoms with Crippen molar-refractivity contribution in [1.29, 1.82) is 0 Å². The molecule has 0 saturated carbocycles. The monoisotopic (exact) mass is 234 g/mol. The highest BCUT2D eigenvalue weighted by Crippen LogP contribution is 2.33. The molecule has 2 nitrogen and oxygen atoms in total. The van der Waals surface area contributed by atoms with E-state index in [4.69, 9.17) is 5.73 Å². The molecule has 3 heteroatoms. The Morgan fingerprint density at radius 1 is 1.31 bits per heavy atom. The molecule has 0 amide bonds. The number of hydrogen-bond acceptors (Lipinski definition) is 3. The molecule has 0 spiro atoms. The van der Waals surface area contributed by atoms with Crippen LogP contribution in [0.3, 0.4) is 0 Å². The first-order chi connectivity index (χ1) is 7.59. The fraction of sp³-hybridized carbons (Fsp3) is 0.462. The summed E-state index contributed by atoms with van der Waals surface area (Å²) in [6.07, 6.45) is 1.87. The molecular formula is C13H18N2S. The molecule has 16 heavy (non-hydrogen) atoms. The van der Waals surface area contributed by atoms with Crippen LogP contribution >= 0.6 is 11.3 Å². The number of rotatable bonds is 3. The zero-order chi connectivity index (χ0) is 11.8. The number of aryl methyl sites for hydroxylation is 1. The van der Waals surface area contributed by atoms with Crippen LogP contribution in [0, 0.1) is 6.92 Å². The van der Waals surface area contributed by atoms with Gasteiger partial charge in [0, 0.05) is 0 Å². The van der Waals surface area contributed by atoms with Crippen LogP contribution in [-0.4, -0.2) is 4.98 Å². The average molecular weight is 234 g/mol. The summed E-state index contributed by atoms with van der Waals surface area (Å²) in [5.41, 5.74) is 8.45. The quantitative estimate of drug-likeness (QED) is 0.881. The molecule has 0 aliphatic carbocycles. The predicted molar refractivity (Wildman–Crippen MR) is 70.8 cm³/mol. The SMILES string of the molecule is CCC(N)(CC)c1nc2cc(C)ccc2s1. The van der Waals surface area contributed by atoms with Crippen LogP contribution in [0.15, 0.2) is 18.2 Å². The van der Waals surface area contributed by atoms with Crippen LogP contribution < -0.4 is 5.73 Å². The summed E-state index contributed by atoms with van der Waals surface area (Å²) >= 11 is 1.73. The number of nitrogens with zero attached hydrogens (tertiary/aromatic N) is 1. The Morgan fingerprint density at radius 3 is 2.62 bits per heavy atom. The molecule has 0 aliphatic rings. The van der Waals surface area contributed by atoms with E-state index >= 15 is 0 Å². The first kappa shape index (κ1) is 11.6. The minimum atomic E-state index is -0.252.